The van der Waals surface area contributed by atoms with Gasteiger partial charge in [0.05, 0.1) is 18.3 Å². The third-order valence-electron chi connectivity index (χ3n) is 12.7. The fraction of sp³-hybridized carbons (Fsp3) is 0.933. The molecule has 0 spiro atoms. The van der Waals surface area contributed by atoms with E-state index < -0.39 is 12.2 Å². The van der Waals surface area contributed by atoms with Gasteiger partial charge in [-0.1, -0.05) is 46.3 Å². The summed E-state index contributed by atoms with van der Waals surface area (Å²) >= 11 is 0. The van der Waals surface area contributed by atoms with Gasteiger partial charge in [0.2, 0.25) is 0 Å². The Bertz CT molecular complexity index is 789. The molecule has 0 saturated heterocycles. The predicted octanol–water partition coefficient (Wildman–Crippen LogP) is 5.97. The SMILES string of the molecule is CC(=CCC1(C(C)C)CC1C)[C@H]1[C@@H](O)C[C@H]2[C@@H]3CC[C@H]4C[C@H](O)[C@@H](O)C[C@]4(C)[C@H]3CC[C@@]21C. The maximum atomic E-state index is 11.4. The second-order valence-electron chi connectivity index (χ2n) is 14.2. The fourth-order valence-electron chi connectivity index (χ4n) is 10.4. The van der Waals surface area contributed by atoms with Crippen molar-refractivity contribution in [3.8, 4) is 0 Å². The highest BCUT2D eigenvalue weighted by molar-refractivity contribution is 5.21. The van der Waals surface area contributed by atoms with Crippen molar-refractivity contribution in [3.63, 3.8) is 0 Å². The summed E-state index contributed by atoms with van der Waals surface area (Å²) in [5.74, 6) is 4.26. The molecule has 0 aromatic heterocycles. The first-order valence-electron chi connectivity index (χ1n) is 14.1. The number of aliphatic hydroxyl groups is 3. The average Bonchev–Trinajstić information content (AvgIpc) is 3.32. The number of aliphatic hydroxyl groups excluding tert-OH is 3. The Morgan fingerprint density at radius 3 is 2.24 bits per heavy atom. The topological polar surface area (TPSA) is 60.7 Å². The van der Waals surface area contributed by atoms with Crippen molar-refractivity contribution in [3.05, 3.63) is 11.6 Å². The number of rotatable bonds is 4. The van der Waals surface area contributed by atoms with Crippen molar-refractivity contribution in [2.45, 2.75) is 118 Å². The number of hydrogen-bond acceptors (Lipinski definition) is 3. The summed E-state index contributed by atoms with van der Waals surface area (Å²) < 4.78 is 0. The summed E-state index contributed by atoms with van der Waals surface area (Å²) in [6, 6.07) is 0. The van der Waals surface area contributed by atoms with Crippen molar-refractivity contribution < 1.29 is 15.3 Å². The van der Waals surface area contributed by atoms with Gasteiger partial charge in [-0.2, -0.15) is 0 Å². The normalized spacial score (nSPS) is 56.3. The van der Waals surface area contributed by atoms with Crippen LogP contribution in [0.25, 0.3) is 0 Å². The zero-order valence-corrected chi connectivity index (χ0v) is 22.1. The highest BCUT2D eigenvalue weighted by Gasteiger charge is 2.63. The van der Waals surface area contributed by atoms with Crippen LogP contribution in [0, 0.1) is 57.7 Å². The van der Waals surface area contributed by atoms with Crippen LogP contribution in [0.3, 0.4) is 0 Å². The van der Waals surface area contributed by atoms with Gasteiger partial charge in [-0.3, -0.25) is 0 Å². The molecule has 5 fully saturated rings. The zero-order chi connectivity index (χ0) is 23.9. The van der Waals surface area contributed by atoms with Gasteiger partial charge in [0, 0.05) is 5.92 Å². The van der Waals surface area contributed by atoms with Crippen molar-refractivity contribution in [2.24, 2.45) is 57.7 Å². The first-order chi connectivity index (χ1) is 15.4. The number of allylic oxidation sites excluding steroid dienone is 1. The van der Waals surface area contributed by atoms with Crippen LogP contribution in [0.1, 0.15) is 99.3 Å². The second-order valence-corrected chi connectivity index (χ2v) is 14.2. The zero-order valence-electron chi connectivity index (χ0n) is 22.1. The largest absolute Gasteiger partial charge is 0.392 e. The Labute approximate surface area is 202 Å². The lowest BCUT2D eigenvalue weighted by atomic mass is 9.44. The van der Waals surface area contributed by atoms with Crippen LogP contribution >= 0.6 is 0 Å². The van der Waals surface area contributed by atoms with E-state index >= 15 is 0 Å². The lowest BCUT2D eigenvalue weighted by Gasteiger charge is -2.61. The Hall–Kier alpha value is -0.380. The minimum absolute atomic E-state index is 0.141. The van der Waals surface area contributed by atoms with Crippen molar-refractivity contribution in [1.82, 2.24) is 0 Å². The van der Waals surface area contributed by atoms with E-state index in [4.69, 9.17) is 0 Å². The molecule has 0 aromatic carbocycles. The monoisotopic (exact) mass is 458 g/mol. The van der Waals surface area contributed by atoms with E-state index in [1.807, 2.05) is 0 Å². The van der Waals surface area contributed by atoms with Crippen LogP contribution in [0.5, 0.6) is 0 Å². The molecule has 0 bridgehead atoms. The fourth-order valence-corrected chi connectivity index (χ4v) is 10.4. The van der Waals surface area contributed by atoms with Crippen LogP contribution in [0.2, 0.25) is 0 Å². The van der Waals surface area contributed by atoms with Crippen LogP contribution in [-0.4, -0.2) is 33.6 Å². The third-order valence-corrected chi connectivity index (χ3v) is 12.7. The summed E-state index contributed by atoms with van der Waals surface area (Å²) in [7, 11) is 0. The van der Waals surface area contributed by atoms with Gasteiger partial charge in [-0.05, 0) is 116 Å². The molecular weight excluding hydrogens is 408 g/mol. The second kappa shape index (κ2) is 8.07. The smallest absolute Gasteiger partial charge is 0.0804 e. The minimum Gasteiger partial charge on any atom is -0.392 e. The molecule has 0 aliphatic heterocycles. The van der Waals surface area contributed by atoms with E-state index in [0.29, 0.717) is 35.0 Å². The Morgan fingerprint density at radius 1 is 0.909 bits per heavy atom. The summed E-state index contributed by atoms with van der Waals surface area (Å²) in [5, 5.41) is 32.3. The average molecular weight is 459 g/mol. The lowest BCUT2D eigenvalue weighted by molar-refractivity contribution is -0.158. The van der Waals surface area contributed by atoms with Crippen LogP contribution < -0.4 is 0 Å². The molecule has 0 amide bonds. The first-order valence-corrected chi connectivity index (χ1v) is 14.1. The van der Waals surface area contributed by atoms with Gasteiger partial charge in [-0.25, -0.2) is 0 Å². The van der Waals surface area contributed by atoms with E-state index in [1.165, 1.54) is 44.1 Å². The summed E-state index contributed by atoms with van der Waals surface area (Å²) in [5.41, 5.74) is 2.27. The maximum absolute atomic E-state index is 11.4. The van der Waals surface area contributed by atoms with E-state index in [2.05, 4.69) is 47.6 Å². The van der Waals surface area contributed by atoms with E-state index in [0.717, 1.165) is 31.1 Å². The molecule has 12 atom stereocenters. The molecule has 5 rings (SSSR count). The molecule has 33 heavy (non-hydrogen) atoms. The molecule has 0 aromatic rings. The molecule has 3 N–H and O–H groups in total. The maximum Gasteiger partial charge on any atom is 0.0804 e. The van der Waals surface area contributed by atoms with Gasteiger partial charge in [0.1, 0.15) is 0 Å². The molecule has 2 unspecified atom stereocenters. The van der Waals surface area contributed by atoms with Crippen LogP contribution in [-0.2, 0) is 0 Å². The van der Waals surface area contributed by atoms with Gasteiger partial charge in [0.15, 0.2) is 0 Å². The Balaban J connectivity index is 1.37. The molecule has 3 heteroatoms. The highest BCUT2D eigenvalue weighted by Crippen LogP contribution is 2.68. The molecule has 5 aliphatic carbocycles. The summed E-state index contributed by atoms with van der Waals surface area (Å²) in [4.78, 5) is 0. The first kappa shape index (κ1) is 24.3. The predicted molar refractivity (Wildman–Crippen MR) is 133 cm³/mol. The quantitative estimate of drug-likeness (QED) is 0.455. The Kier molecular flexibility index (Phi) is 5.95. The molecule has 188 valence electrons. The standard InChI is InChI=1S/C30H50O3/c1-17(2)30(15-19(30)4)12-9-18(3)27-25(32)14-23-21-8-7-20-13-24(31)26(33)16-29(20,6)22(21)10-11-28(23,27)5/h9,17,19-27,31-33H,7-8,10-16H2,1-6H3/t19?,20-,21+,22-,23-,24-,25-,26-,27-,28-,29-,30?/m0/s1. The van der Waals surface area contributed by atoms with E-state index in [-0.39, 0.29) is 16.9 Å². The number of hydrogen-bond donors (Lipinski definition) is 3. The van der Waals surface area contributed by atoms with Gasteiger partial charge >= 0.3 is 0 Å². The number of fused-ring (bicyclic) bond motifs is 5. The van der Waals surface area contributed by atoms with Crippen molar-refractivity contribution >= 4 is 0 Å². The molecule has 0 heterocycles. The lowest BCUT2D eigenvalue weighted by Crippen LogP contribution is -2.56. The van der Waals surface area contributed by atoms with Crippen molar-refractivity contribution in [1.29, 1.82) is 0 Å². The van der Waals surface area contributed by atoms with Gasteiger partial charge in [-0.15, -0.1) is 0 Å². The Morgan fingerprint density at radius 2 is 1.61 bits per heavy atom. The molecule has 5 saturated carbocycles. The van der Waals surface area contributed by atoms with E-state index in [9.17, 15) is 15.3 Å². The van der Waals surface area contributed by atoms with Crippen molar-refractivity contribution in [2.75, 3.05) is 0 Å². The molecule has 5 aliphatic rings. The van der Waals surface area contributed by atoms with Gasteiger partial charge < -0.3 is 15.3 Å². The molecular formula is C30H50O3. The van der Waals surface area contributed by atoms with Crippen LogP contribution in [0.15, 0.2) is 11.6 Å². The molecule has 0 radical (unpaired) electrons. The minimum atomic E-state index is -0.566. The van der Waals surface area contributed by atoms with Crippen LogP contribution in [0.4, 0.5) is 0 Å². The summed E-state index contributed by atoms with van der Waals surface area (Å²) in [6.07, 6.45) is 11.0. The third kappa shape index (κ3) is 3.53. The molecule has 3 nitrogen and oxygen atoms in total. The highest BCUT2D eigenvalue weighted by atomic mass is 16.3. The summed E-state index contributed by atoms with van der Waals surface area (Å²) in [6.45, 7) is 14.4. The van der Waals surface area contributed by atoms with Gasteiger partial charge in [0.25, 0.3) is 0 Å². The van der Waals surface area contributed by atoms with E-state index in [1.54, 1.807) is 0 Å².